The number of rotatable bonds is 4. The Morgan fingerprint density at radius 1 is 1.05 bits per heavy atom. The highest BCUT2D eigenvalue weighted by molar-refractivity contribution is 7.98. The van der Waals surface area contributed by atoms with Gasteiger partial charge in [-0.05, 0) is 42.6 Å². The summed E-state index contributed by atoms with van der Waals surface area (Å²) in [6.07, 6.45) is -2.37. The molecule has 0 aliphatic carbocycles. The van der Waals surface area contributed by atoms with E-state index in [1.165, 1.54) is 12.1 Å². The number of benzene rings is 2. The van der Waals surface area contributed by atoms with Crippen LogP contribution in [0.2, 0.25) is 0 Å². The molecule has 2 aromatic carbocycles. The van der Waals surface area contributed by atoms with Gasteiger partial charge in [0.1, 0.15) is 0 Å². The zero-order chi connectivity index (χ0) is 15.5. The quantitative estimate of drug-likeness (QED) is 0.819. The fourth-order valence-corrected chi connectivity index (χ4v) is 2.94. The van der Waals surface area contributed by atoms with Crippen LogP contribution in [0, 0.1) is 0 Å². The van der Waals surface area contributed by atoms with Crippen LogP contribution in [0.4, 0.5) is 13.2 Å². The molecule has 1 atom stereocenters. The van der Waals surface area contributed by atoms with Crippen molar-refractivity contribution in [1.29, 1.82) is 0 Å². The summed E-state index contributed by atoms with van der Waals surface area (Å²) in [5.41, 5.74) is 0.961. The summed E-state index contributed by atoms with van der Waals surface area (Å²) in [6, 6.07) is 12.9. The summed E-state index contributed by atoms with van der Waals surface area (Å²) in [5, 5.41) is 3.11. The van der Waals surface area contributed by atoms with Crippen molar-refractivity contribution in [3.63, 3.8) is 0 Å². The molecule has 112 valence electrons. The third-order valence-corrected chi connectivity index (χ3v) is 4.10. The van der Waals surface area contributed by atoms with Crippen molar-refractivity contribution in [2.45, 2.75) is 17.1 Å². The van der Waals surface area contributed by atoms with Crippen LogP contribution in [0.15, 0.2) is 53.4 Å². The van der Waals surface area contributed by atoms with Crippen LogP contribution in [0.3, 0.4) is 0 Å². The molecule has 1 nitrogen and oxygen atoms in total. The van der Waals surface area contributed by atoms with Crippen molar-refractivity contribution < 1.29 is 13.2 Å². The molecule has 0 saturated carbocycles. The summed E-state index contributed by atoms with van der Waals surface area (Å²) >= 11 is 1.58. The second-order valence-corrected chi connectivity index (χ2v) is 5.43. The molecule has 0 heterocycles. The van der Waals surface area contributed by atoms with E-state index in [0.29, 0.717) is 5.56 Å². The third kappa shape index (κ3) is 3.60. The lowest BCUT2D eigenvalue weighted by Gasteiger charge is -2.21. The van der Waals surface area contributed by atoms with E-state index in [0.717, 1.165) is 16.5 Å². The first-order valence-electron chi connectivity index (χ1n) is 6.44. The van der Waals surface area contributed by atoms with E-state index in [4.69, 9.17) is 0 Å². The number of nitrogens with one attached hydrogen (secondary N) is 1. The van der Waals surface area contributed by atoms with Gasteiger partial charge in [-0.2, -0.15) is 13.2 Å². The highest BCUT2D eigenvalue weighted by Crippen LogP contribution is 2.34. The summed E-state index contributed by atoms with van der Waals surface area (Å²) < 4.78 is 38.6. The Kier molecular flexibility index (Phi) is 4.96. The van der Waals surface area contributed by atoms with E-state index in [1.807, 2.05) is 30.5 Å². The van der Waals surface area contributed by atoms with E-state index in [9.17, 15) is 13.2 Å². The fourth-order valence-electron chi connectivity index (χ4n) is 2.30. The normalized spacial score (nSPS) is 13.2. The first-order chi connectivity index (χ1) is 9.97. The minimum absolute atomic E-state index is 0.268. The fraction of sp³-hybridized carbons (Fsp3) is 0.250. The second-order valence-electron chi connectivity index (χ2n) is 4.59. The molecule has 1 unspecified atom stereocenters. The van der Waals surface area contributed by atoms with Crippen molar-refractivity contribution in [3.05, 3.63) is 65.2 Å². The van der Waals surface area contributed by atoms with Crippen LogP contribution in [0.5, 0.6) is 0 Å². The molecule has 0 saturated heterocycles. The molecule has 0 amide bonds. The molecule has 0 radical (unpaired) electrons. The van der Waals surface area contributed by atoms with Crippen LogP contribution in [-0.2, 0) is 6.18 Å². The van der Waals surface area contributed by atoms with Crippen molar-refractivity contribution in [2.24, 2.45) is 0 Å². The molecule has 0 aromatic heterocycles. The molecule has 21 heavy (non-hydrogen) atoms. The standard InChI is InChI=1S/C16H16F3NS/c1-20-15(13-8-3-4-9-14(13)21-2)11-6-5-7-12(10-11)16(17,18)19/h3-10,15,20H,1-2H3. The van der Waals surface area contributed by atoms with Gasteiger partial charge in [-0.15, -0.1) is 11.8 Å². The van der Waals surface area contributed by atoms with E-state index in [1.54, 1.807) is 24.9 Å². The van der Waals surface area contributed by atoms with Gasteiger partial charge < -0.3 is 5.32 Å². The molecule has 0 aliphatic rings. The smallest absolute Gasteiger partial charge is 0.309 e. The predicted octanol–water partition coefficient (Wildman–Crippen LogP) is 4.74. The summed E-state index contributed by atoms with van der Waals surface area (Å²) in [6.45, 7) is 0. The molecule has 0 fully saturated rings. The van der Waals surface area contributed by atoms with Crippen molar-refractivity contribution in [2.75, 3.05) is 13.3 Å². The van der Waals surface area contributed by atoms with Crippen LogP contribution in [0.25, 0.3) is 0 Å². The van der Waals surface area contributed by atoms with E-state index >= 15 is 0 Å². The topological polar surface area (TPSA) is 12.0 Å². The summed E-state index contributed by atoms with van der Waals surface area (Å²) in [4.78, 5) is 1.05. The Balaban J connectivity index is 2.47. The van der Waals surface area contributed by atoms with Crippen molar-refractivity contribution in [3.8, 4) is 0 Å². The Morgan fingerprint density at radius 3 is 2.38 bits per heavy atom. The zero-order valence-electron chi connectivity index (χ0n) is 11.7. The minimum atomic E-state index is -4.33. The van der Waals surface area contributed by atoms with Gasteiger partial charge in [-0.1, -0.05) is 30.3 Å². The van der Waals surface area contributed by atoms with Gasteiger partial charge in [0.05, 0.1) is 11.6 Å². The lowest BCUT2D eigenvalue weighted by Crippen LogP contribution is -2.19. The highest BCUT2D eigenvalue weighted by Gasteiger charge is 2.31. The average Bonchev–Trinajstić information content (AvgIpc) is 2.48. The van der Waals surface area contributed by atoms with Gasteiger partial charge in [-0.25, -0.2) is 0 Å². The molecular formula is C16H16F3NS. The van der Waals surface area contributed by atoms with Gasteiger partial charge in [0, 0.05) is 4.90 Å². The van der Waals surface area contributed by atoms with Crippen LogP contribution in [-0.4, -0.2) is 13.3 Å². The molecule has 1 N–H and O–H groups in total. The minimum Gasteiger partial charge on any atom is -0.309 e. The highest BCUT2D eigenvalue weighted by atomic mass is 32.2. The van der Waals surface area contributed by atoms with E-state index in [2.05, 4.69) is 5.32 Å². The number of halogens is 3. The Hall–Kier alpha value is -1.46. The maximum atomic E-state index is 12.9. The SMILES string of the molecule is CNC(c1cccc(C(F)(F)F)c1)c1ccccc1SC. The number of hydrogen-bond donors (Lipinski definition) is 1. The summed E-state index contributed by atoms with van der Waals surface area (Å²) in [5.74, 6) is 0. The van der Waals surface area contributed by atoms with Gasteiger partial charge in [0.2, 0.25) is 0 Å². The molecule has 0 bridgehead atoms. The van der Waals surface area contributed by atoms with Crippen LogP contribution in [0.1, 0.15) is 22.7 Å². The van der Waals surface area contributed by atoms with Gasteiger partial charge >= 0.3 is 6.18 Å². The van der Waals surface area contributed by atoms with Crippen LogP contribution < -0.4 is 5.32 Å². The first-order valence-corrected chi connectivity index (χ1v) is 7.67. The van der Waals surface area contributed by atoms with E-state index < -0.39 is 11.7 Å². The molecule has 5 heteroatoms. The van der Waals surface area contributed by atoms with Crippen molar-refractivity contribution in [1.82, 2.24) is 5.32 Å². The molecular weight excluding hydrogens is 295 g/mol. The largest absolute Gasteiger partial charge is 0.416 e. The predicted molar refractivity (Wildman–Crippen MR) is 80.6 cm³/mol. The molecule has 0 aliphatic heterocycles. The number of thioether (sulfide) groups is 1. The van der Waals surface area contributed by atoms with E-state index in [-0.39, 0.29) is 6.04 Å². The lowest BCUT2D eigenvalue weighted by molar-refractivity contribution is -0.137. The Bertz CT molecular complexity index is 610. The molecule has 2 rings (SSSR count). The monoisotopic (exact) mass is 311 g/mol. The zero-order valence-corrected chi connectivity index (χ0v) is 12.6. The van der Waals surface area contributed by atoms with Gasteiger partial charge in [-0.3, -0.25) is 0 Å². The first kappa shape index (κ1) is 15.9. The van der Waals surface area contributed by atoms with Gasteiger partial charge in [0.15, 0.2) is 0 Å². The maximum absolute atomic E-state index is 12.9. The lowest BCUT2D eigenvalue weighted by atomic mass is 9.97. The second kappa shape index (κ2) is 6.54. The maximum Gasteiger partial charge on any atom is 0.416 e. The van der Waals surface area contributed by atoms with Gasteiger partial charge in [0.25, 0.3) is 0 Å². The number of hydrogen-bond acceptors (Lipinski definition) is 2. The number of alkyl halides is 3. The molecule has 2 aromatic rings. The Morgan fingerprint density at radius 2 is 1.76 bits per heavy atom. The average molecular weight is 311 g/mol. The third-order valence-electron chi connectivity index (χ3n) is 3.29. The summed E-state index contributed by atoms with van der Waals surface area (Å²) in [7, 11) is 1.75. The Labute approximate surface area is 126 Å². The van der Waals surface area contributed by atoms with Crippen LogP contribution >= 0.6 is 11.8 Å². The molecule has 0 spiro atoms. The van der Waals surface area contributed by atoms with Crippen molar-refractivity contribution >= 4 is 11.8 Å².